The predicted molar refractivity (Wildman–Crippen MR) is 304 cm³/mol. The molecular formula is C53H50ClN7O21S2. The van der Waals surface area contributed by atoms with Gasteiger partial charge in [0, 0.05) is 64.7 Å². The summed E-state index contributed by atoms with van der Waals surface area (Å²) < 4.78 is 29.1. The Morgan fingerprint density at radius 2 is 0.940 bits per heavy atom. The summed E-state index contributed by atoms with van der Waals surface area (Å²) in [6.07, 6.45) is 5.68. The zero-order valence-electron chi connectivity index (χ0n) is 43.3. The van der Waals surface area contributed by atoms with Crippen LogP contribution in [0.1, 0.15) is 55.3 Å². The van der Waals surface area contributed by atoms with Crippen LogP contribution in [0.5, 0.6) is 34.5 Å². The molecule has 0 aliphatic carbocycles. The van der Waals surface area contributed by atoms with Gasteiger partial charge in [-0.05, 0) is 29.8 Å². The number of rotatable bonds is 10. The van der Waals surface area contributed by atoms with Gasteiger partial charge in [0.15, 0.2) is 34.5 Å². The standard InChI is InChI=1S/C13H11NO4.C10H9NOS2.C6H5ClO3.C6H5N3O3.2C6H7NO3.C6H6O4/c15-11-6-10(18-8-12(11)16)7-14-13(17)9-4-2-1-3-5-9;12-9(8-4-2-1-3-5-8)11-6-7-14-10(11)13;7-2-4-1-5(8)6(9)3-10-4;7-9-8-2-4-1-5(10)6(11)3-12-4;3*7-2-4-1-5(8)6(9)3-10-4/h1-6,8,16H,7H2,(H,14,17);1-5H,6-7H2;1,3,9H,2H2;1,3,11H,2H2;2*1,3,9H,2,7H2;1,3,7,9H,2H2. The number of aromatic hydroxyl groups is 6. The van der Waals surface area contributed by atoms with Gasteiger partial charge in [0.25, 0.3) is 11.8 Å². The first kappa shape index (κ1) is 68.1. The minimum absolute atomic E-state index is 0.0144. The van der Waals surface area contributed by atoms with Crippen molar-refractivity contribution in [2.45, 2.75) is 38.7 Å². The van der Waals surface area contributed by atoms with Gasteiger partial charge in [0.1, 0.15) is 83.1 Å². The van der Waals surface area contributed by atoms with Crippen molar-refractivity contribution in [1.82, 2.24) is 10.2 Å². The van der Waals surface area contributed by atoms with Gasteiger partial charge in [0.2, 0.25) is 32.6 Å². The minimum Gasteiger partial charge on any atom is -0.502 e. The first-order chi connectivity index (χ1) is 40.1. The molecule has 1 aliphatic heterocycles. The lowest BCUT2D eigenvalue weighted by Gasteiger charge is -2.14. The van der Waals surface area contributed by atoms with E-state index in [1.165, 1.54) is 0 Å². The first-order valence-electron chi connectivity index (χ1n) is 23.4. The summed E-state index contributed by atoms with van der Waals surface area (Å²) in [7, 11) is 0. The molecule has 1 aliphatic rings. The number of hydrogen-bond donors (Lipinski definition) is 10. The Bertz CT molecular complexity index is 3610. The fraction of sp³-hybridized carbons (Fsp3) is 0.151. The van der Waals surface area contributed by atoms with E-state index in [0.717, 1.165) is 86.3 Å². The molecule has 442 valence electrons. The van der Waals surface area contributed by atoms with Crippen molar-refractivity contribution in [2.75, 3.05) is 12.3 Å². The molecular weight excluding hydrogens is 1170 g/mol. The zero-order chi connectivity index (χ0) is 62.1. The molecule has 1 saturated heterocycles. The van der Waals surface area contributed by atoms with E-state index in [0.29, 0.717) is 32.7 Å². The van der Waals surface area contributed by atoms with Crippen molar-refractivity contribution in [3.63, 3.8) is 0 Å². The molecule has 7 heterocycles. The average molecular weight is 1220 g/mol. The van der Waals surface area contributed by atoms with Crippen LogP contribution in [-0.4, -0.2) is 69.1 Å². The number of azide groups is 1. The third-order valence-electron chi connectivity index (χ3n) is 9.66. The van der Waals surface area contributed by atoms with Gasteiger partial charge in [-0.2, -0.15) is 0 Å². The summed E-state index contributed by atoms with van der Waals surface area (Å²) in [6, 6.07) is 24.7. The SMILES string of the molecule is NCc1cc(=O)c(O)co1.NCc1cc(=O)c(O)co1.O=C(NCc1cc(=O)c(O)co1)c1ccccc1.O=C(c1ccccc1)N1CCSC1=S.O=c1cc(CCl)occ1O.O=c1cc(CO)occ1O.[N-]=[N+]=NCc1cc(=O)c(O)co1. The molecule has 0 atom stereocenters. The second kappa shape index (κ2) is 36.2. The number of alkyl halides is 1. The number of carbonyl (C=O) groups excluding carboxylic acids is 2. The number of benzene rings is 2. The summed E-state index contributed by atoms with van der Waals surface area (Å²) in [5, 5.41) is 66.7. The second-order valence-corrected chi connectivity index (χ2v) is 17.6. The minimum atomic E-state index is -0.551. The Hall–Kier alpha value is -10.2. The monoisotopic (exact) mass is 1220 g/mol. The number of thiocarbonyl (C=S) groups is 1. The number of aliphatic hydroxyl groups is 1. The molecule has 9 rings (SSSR count). The fourth-order valence-electron chi connectivity index (χ4n) is 5.48. The van der Waals surface area contributed by atoms with Gasteiger partial charge in [0.05, 0.1) is 32.1 Å². The molecule has 2 amide bonds. The van der Waals surface area contributed by atoms with Crippen LogP contribution in [0, 0.1) is 0 Å². The molecule has 0 bridgehead atoms. The maximum Gasteiger partial charge on any atom is 0.259 e. The van der Waals surface area contributed by atoms with Crippen molar-refractivity contribution in [1.29, 1.82) is 0 Å². The molecule has 0 saturated carbocycles. The Balaban J connectivity index is 0.000000260. The predicted octanol–water partition coefficient (Wildman–Crippen LogP) is 5.12. The second-order valence-electron chi connectivity index (χ2n) is 15.6. The van der Waals surface area contributed by atoms with Crippen molar-refractivity contribution >= 4 is 51.7 Å². The number of amides is 2. The van der Waals surface area contributed by atoms with E-state index >= 15 is 0 Å². The Morgan fingerprint density at radius 1 is 0.583 bits per heavy atom. The van der Waals surface area contributed by atoms with Gasteiger partial charge in [-0.1, -0.05) is 65.5 Å². The van der Waals surface area contributed by atoms with Crippen LogP contribution < -0.4 is 49.4 Å². The van der Waals surface area contributed by atoms with Gasteiger partial charge < -0.3 is 79.0 Å². The highest BCUT2D eigenvalue weighted by Crippen LogP contribution is 2.20. The fourth-order valence-corrected chi connectivity index (χ4v) is 6.82. The van der Waals surface area contributed by atoms with E-state index in [4.69, 9.17) is 98.6 Å². The molecule has 28 nitrogen and oxygen atoms in total. The molecule has 6 aromatic heterocycles. The van der Waals surface area contributed by atoms with Crippen LogP contribution >= 0.6 is 35.6 Å². The lowest BCUT2D eigenvalue weighted by Crippen LogP contribution is -2.30. The zero-order valence-corrected chi connectivity index (χ0v) is 45.7. The topological polar surface area (TPSA) is 473 Å². The van der Waals surface area contributed by atoms with Crippen LogP contribution in [0.25, 0.3) is 10.4 Å². The summed E-state index contributed by atoms with van der Waals surface area (Å²) in [4.78, 5) is 92.1. The number of nitrogens with one attached hydrogen (secondary N) is 1. The molecule has 84 heavy (non-hydrogen) atoms. The Labute approximate surface area is 485 Å². The molecule has 0 spiro atoms. The van der Waals surface area contributed by atoms with Crippen molar-refractivity contribution < 1.29 is 71.8 Å². The van der Waals surface area contributed by atoms with Crippen LogP contribution in [-0.2, 0) is 38.7 Å². The third-order valence-corrected chi connectivity index (χ3v) is 11.4. The maximum atomic E-state index is 11.9. The number of halogens is 1. The van der Waals surface area contributed by atoms with Gasteiger partial charge >= 0.3 is 0 Å². The summed E-state index contributed by atoms with van der Waals surface area (Å²) >= 11 is 12.0. The van der Waals surface area contributed by atoms with E-state index < -0.39 is 67.1 Å². The number of nitrogens with two attached hydrogens (primary N) is 2. The lowest BCUT2D eigenvalue weighted by molar-refractivity contribution is 0.0860. The normalized spacial score (nSPS) is 10.7. The molecule has 31 heteroatoms. The largest absolute Gasteiger partial charge is 0.502 e. The third kappa shape index (κ3) is 23.9. The smallest absolute Gasteiger partial charge is 0.259 e. The van der Waals surface area contributed by atoms with E-state index in [1.54, 1.807) is 40.9 Å². The quantitative estimate of drug-likeness (QED) is 0.0279. The molecule has 8 aromatic rings. The van der Waals surface area contributed by atoms with Crippen molar-refractivity contribution in [2.24, 2.45) is 16.6 Å². The highest BCUT2D eigenvalue weighted by atomic mass is 35.5. The Kier molecular flexibility index (Phi) is 29.3. The van der Waals surface area contributed by atoms with Crippen LogP contribution in [0.15, 0.2) is 195 Å². The van der Waals surface area contributed by atoms with Gasteiger partial charge in [-0.3, -0.25) is 43.3 Å². The maximum absolute atomic E-state index is 11.9. The molecule has 2 aromatic carbocycles. The molecule has 1 fully saturated rings. The molecule has 0 radical (unpaired) electrons. The van der Waals surface area contributed by atoms with E-state index in [-0.39, 0.29) is 67.8 Å². The number of hydrogen-bond acceptors (Lipinski definition) is 26. The molecule has 12 N–H and O–H groups in total. The Morgan fingerprint density at radius 3 is 1.32 bits per heavy atom. The van der Waals surface area contributed by atoms with Gasteiger partial charge in [-0.15, -0.1) is 11.6 Å². The van der Waals surface area contributed by atoms with Gasteiger partial charge in [-0.25, -0.2) is 0 Å². The van der Waals surface area contributed by atoms with Crippen LogP contribution in [0.3, 0.4) is 0 Å². The lowest BCUT2D eigenvalue weighted by atomic mass is 10.2. The van der Waals surface area contributed by atoms with Crippen molar-refractivity contribution in [3.8, 4) is 34.5 Å². The van der Waals surface area contributed by atoms with Crippen LogP contribution in [0.2, 0.25) is 0 Å². The summed E-state index contributed by atoms with van der Waals surface area (Å²) in [6.45, 7) is 0.771. The highest BCUT2D eigenvalue weighted by molar-refractivity contribution is 8.23. The summed E-state index contributed by atoms with van der Waals surface area (Å²) in [5.74, 6) is -0.0109. The number of aliphatic hydroxyl groups excluding tert-OH is 1. The summed E-state index contributed by atoms with van der Waals surface area (Å²) in [5.41, 5.74) is 16.4. The average Bonchev–Trinajstić information content (AvgIpc) is 4.08. The number of thioether (sulfide) groups is 1. The van der Waals surface area contributed by atoms with E-state index in [1.807, 2.05) is 36.4 Å². The van der Waals surface area contributed by atoms with E-state index in [2.05, 4.69) is 19.8 Å². The molecule has 0 unspecified atom stereocenters. The number of nitrogens with zero attached hydrogens (tertiary/aromatic N) is 4. The number of carbonyl (C=O) groups is 2. The van der Waals surface area contributed by atoms with Crippen molar-refractivity contribution in [3.05, 3.63) is 252 Å². The highest BCUT2D eigenvalue weighted by Gasteiger charge is 2.24. The first-order valence-corrected chi connectivity index (χ1v) is 25.4. The van der Waals surface area contributed by atoms with Crippen LogP contribution in [0.4, 0.5) is 0 Å². The van der Waals surface area contributed by atoms with E-state index in [9.17, 15) is 38.4 Å².